The van der Waals surface area contributed by atoms with E-state index >= 15 is 0 Å². The fraction of sp³-hybridized carbons (Fsp3) is 0.522. The van der Waals surface area contributed by atoms with Crippen molar-refractivity contribution in [3.8, 4) is 0 Å². The Kier molecular flexibility index (Phi) is 8.02. The third-order valence-corrected chi connectivity index (χ3v) is 5.60. The number of alkyl carbamates (subject to hydrolysis) is 1. The van der Waals surface area contributed by atoms with Gasteiger partial charge in [-0.15, -0.1) is 0 Å². The molecule has 0 aromatic carbocycles. The first-order valence-electron chi connectivity index (χ1n) is 10.6. The van der Waals surface area contributed by atoms with Crippen LogP contribution < -0.4 is 5.32 Å². The van der Waals surface area contributed by atoms with E-state index in [9.17, 15) is 14.7 Å². The Bertz CT molecular complexity index is 764. The molecule has 0 radical (unpaired) electrons. The normalized spacial score (nSPS) is 31.8. The van der Waals surface area contributed by atoms with Gasteiger partial charge in [-0.3, -0.25) is 4.98 Å². The Balaban J connectivity index is 1.58. The van der Waals surface area contributed by atoms with E-state index in [0.717, 1.165) is 24.8 Å². The second-order valence-electron chi connectivity index (χ2n) is 8.00. The van der Waals surface area contributed by atoms with Gasteiger partial charge < -0.3 is 19.9 Å². The van der Waals surface area contributed by atoms with E-state index in [1.807, 2.05) is 19.1 Å². The highest BCUT2D eigenvalue weighted by Crippen LogP contribution is 2.38. The molecule has 1 fully saturated rings. The number of carbonyl (C=O) groups excluding carboxylic acids is 2. The molecule has 30 heavy (non-hydrogen) atoms. The Hall–Kier alpha value is -2.67. The molecular formula is C23H30N2O5. The summed E-state index contributed by atoms with van der Waals surface area (Å²) in [5.41, 5.74) is 0.891. The summed E-state index contributed by atoms with van der Waals surface area (Å²) >= 11 is 0. The van der Waals surface area contributed by atoms with Crippen molar-refractivity contribution in [1.29, 1.82) is 0 Å². The highest BCUT2D eigenvalue weighted by Gasteiger charge is 2.38. The van der Waals surface area contributed by atoms with Crippen molar-refractivity contribution in [3.63, 3.8) is 0 Å². The summed E-state index contributed by atoms with van der Waals surface area (Å²) in [5.74, 6) is -0.486. The van der Waals surface area contributed by atoms with Crippen LogP contribution in [0, 0.1) is 11.8 Å². The lowest BCUT2D eigenvalue weighted by Crippen LogP contribution is -2.28. The summed E-state index contributed by atoms with van der Waals surface area (Å²) in [6, 6.07) is 3.69. The number of aliphatic hydroxyl groups is 1. The van der Waals surface area contributed by atoms with E-state index in [0.29, 0.717) is 19.4 Å². The summed E-state index contributed by atoms with van der Waals surface area (Å²) < 4.78 is 10.9. The van der Waals surface area contributed by atoms with E-state index in [1.54, 1.807) is 12.4 Å². The summed E-state index contributed by atoms with van der Waals surface area (Å²) in [5, 5.41) is 13.4. The zero-order valence-corrected chi connectivity index (χ0v) is 17.3. The molecule has 2 aliphatic rings. The number of pyridine rings is 1. The molecule has 5 atom stereocenters. The molecule has 2 heterocycles. The molecule has 1 aromatic rings. The molecule has 2 N–H and O–H groups in total. The quantitative estimate of drug-likeness (QED) is 0.582. The highest BCUT2D eigenvalue weighted by atomic mass is 16.6. The average molecular weight is 415 g/mol. The van der Waals surface area contributed by atoms with Gasteiger partial charge in [-0.25, -0.2) is 9.59 Å². The first-order chi connectivity index (χ1) is 14.5. The van der Waals surface area contributed by atoms with Crippen LogP contribution in [0.5, 0.6) is 0 Å². The molecule has 0 spiro atoms. The molecule has 1 aliphatic carbocycles. The molecule has 7 heteroatoms. The molecule has 1 aliphatic heterocycles. The third kappa shape index (κ3) is 6.69. The Morgan fingerprint density at radius 1 is 1.37 bits per heavy atom. The number of cyclic esters (lactones) is 1. The lowest BCUT2D eigenvalue weighted by Gasteiger charge is -2.19. The third-order valence-electron chi connectivity index (χ3n) is 5.60. The number of carbonyl (C=O) groups is 2. The van der Waals surface area contributed by atoms with Gasteiger partial charge in [0, 0.05) is 25.0 Å². The minimum atomic E-state index is -0.810. The minimum Gasteiger partial charge on any atom is -0.460 e. The molecule has 1 saturated carbocycles. The van der Waals surface area contributed by atoms with Crippen molar-refractivity contribution in [1.82, 2.24) is 10.3 Å². The summed E-state index contributed by atoms with van der Waals surface area (Å²) in [6.45, 7) is 2.22. The predicted octanol–water partition coefficient (Wildman–Crippen LogP) is 3.29. The number of hydrogen-bond acceptors (Lipinski definition) is 6. The second-order valence-corrected chi connectivity index (χ2v) is 8.00. The number of allylic oxidation sites excluding steroid dienone is 2. The first kappa shape index (κ1) is 22.0. The molecule has 0 saturated heterocycles. The topological polar surface area (TPSA) is 97.8 Å². The Morgan fingerprint density at radius 3 is 3.03 bits per heavy atom. The van der Waals surface area contributed by atoms with Gasteiger partial charge in [0.15, 0.2) is 0 Å². The smallest absolute Gasteiger partial charge is 0.407 e. The second kappa shape index (κ2) is 10.9. The van der Waals surface area contributed by atoms with E-state index in [1.165, 1.54) is 12.2 Å². The first-order valence-corrected chi connectivity index (χ1v) is 10.6. The van der Waals surface area contributed by atoms with Gasteiger partial charge in [0.1, 0.15) is 6.10 Å². The van der Waals surface area contributed by atoms with Crippen molar-refractivity contribution in [3.05, 3.63) is 54.4 Å². The number of nitrogens with zero attached hydrogens (tertiary/aromatic N) is 1. The van der Waals surface area contributed by atoms with Crippen LogP contribution in [0.4, 0.5) is 4.79 Å². The van der Waals surface area contributed by atoms with E-state index in [4.69, 9.17) is 9.47 Å². The van der Waals surface area contributed by atoms with Crippen molar-refractivity contribution >= 4 is 12.1 Å². The number of aliphatic hydroxyl groups excluding tert-OH is 1. The van der Waals surface area contributed by atoms with Crippen LogP contribution in [-0.2, 0) is 20.8 Å². The van der Waals surface area contributed by atoms with Crippen LogP contribution in [0.15, 0.2) is 48.8 Å². The monoisotopic (exact) mass is 414 g/mol. The van der Waals surface area contributed by atoms with Crippen LogP contribution in [0.3, 0.4) is 0 Å². The van der Waals surface area contributed by atoms with Crippen LogP contribution in [0.2, 0.25) is 0 Å². The molecule has 0 unspecified atom stereocenters. The fourth-order valence-corrected chi connectivity index (χ4v) is 4.04. The molecule has 1 amide bonds. The zero-order valence-electron chi connectivity index (χ0n) is 17.3. The SMILES string of the molecule is C[C@H]1CCC/C=C/[C@@H]2C[C@H](OC(=O)NCc3cccnc3)C[C@H]2[C@H](O)/C=C/C(=O)O1. The molecular weight excluding hydrogens is 384 g/mol. The van der Waals surface area contributed by atoms with Gasteiger partial charge in [-0.05, 0) is 68.6 Å². The number of nitrogens with one attached hydrogen (secondary N) is 1. The summed E-state index contributed by atoms with van der Waals surface area (Å²) in [6.07, 6.45) is 12.4. The predicted molar refractivity (Wildman–Crippen MR) is 111 cm³/mol. The number of fused-ring (bicyclic) bond motifs is 1. The van der Waals surface area contributed by atoms with Crippen molar-refractivity contribution in [2.24, 2.45) is 11.8 Å². The molecule has 3 rings (SSSR count). The van der Waals surface area contributed by atoms with Crippen molar-refractivity contribution in [2.45, 2.75) is 63.9 Å². The lowest BCUT2D eigenvalue weighted by atomic mass is 9.90. The lowest BCUT2D eigenvalue weighted by molar-refractivity contribution is -0.142. The molecule has 7 nitrogen and oxygen atoms in total. The summed E-state index contributed by atoms with van der Waals surface area (Å²) in [7, 11) is 0. The zero-order chi connectivity index (χ0) is 21.3. The largest absolute Gasteiger partial charge is 0.460 e. The average Bonchev–Trinajstić information content (AvgIpc) is 3.13. The van der Waals surface area contributed by atoms with Gasteiger partial charge in [-0.1, -0.05) is 18.2 Å². The maximum Gasteiger partial charge on any atom is 0.407 e. The number of esters is 1. The van der Waals surface area contributed by atoms with E-state index in [-0.39, 0.29) is 24.0 Å². The van der Waals surface area contributed by atoms with E-state index in [2.05, 4.69) is 22.5 Å². The molecule has 0 bridgehead atoms. The minimum absolute atomic E-state index is 0.0787. The van der Waals surface area contributed by atoms with Gasteiger partial charge in [-0.2, -0.15) is 0 Å². The number of rotatable bonds is 3. The van der Waals surface area contributed by atoms with Crippen LogP contribution in [0.25, 0.3) is 0 Å². The van der Waals surface area contributed by atoms with Gasteiger partial charge in [0.2, 0.25) is 0 Å². The van der Waals surface area contributed by atoms with Crippen molar-refractivity contribution < 1.29 is 24.2 Å². The maximum atomic E-state index is 12.2. The Morgan fingerprint density at radius 2 is 2.23 bits per heavy atom. The number of hydrogen-bond donors (Lipinski definition) is 2. The summed E-state index contributed by atoms with van der Waals surface area (Å²) in [4.78, 5) is 28.1. The number of amides is 1. The van der Waals surface area contributed by atoms with Gasteiger partial charge in [0.25, 0.3) is 0 Å². The van der Waals surface area contributed by atoms with Crippen LogP contribution in [-0.4, -0.2) is 40.5 Å². The number of ether oxygens (including phenoxy) is 2. The van der Waals surface area contributed by atoms with Crippen molar-refractivity contribution in [2.75, 3.05) is 0 Å². The van der Waals surface area contributed by atoms with Crippen LogP contribution in [0.1, 0.15) is 44.6 Å². The molecule has 1 aromatic heterocycles. The van der Waals surface area contributed by atoms with Crippen LogP contribution >= 0.6 is 0 Å². The van der Waals surface area contributed by atoms with Gasteiger partial charge in [0.05, 0.1) is 12.2 Å². The fourth-order valence-electron chi connectivity index (χ4n) is 4.04. The number of aromatic nitrogens is 1. The standard InChI is InChI=1S/C23H30N2O5/c1-16-6-3-2-4-8-18-12-19(13-20(18)21(26)9-10-22(27)29-16)30-23(28)25-15-17-7-5-11-24-14-17/h4-5,7-11,14,16,18-21,26H,2-3,6,12-13,15H2,1H3,(H,25,28)/b8-4+,10-9+/t16-,18+,19-,20+,21+/m0/s1. The Labute approximate surface area is 177 Å². The van der Waals surface area contributed by atoms with Gasteiger partial charge >= 0.3 is 12.1 Å². The maximum absolute atomic E-state index is 12.2. The van der Waals surface area contributed by atoms with E-state index < -0.39 is 18.2 Å². The molecule has 162 valence electrons. The highest BCUT2D eigenvalue weighted by molar-refractivity contribution is 5.82.